The first-order valence-electron chi connectivity index (χ1n) is 7.17. The van der Waals surface area contributed by atoms with Gasteiger partial charge in [0.1, 0.15) is 10.8 Å². The van der Waals surface area contributed by atoms with E-state index in [0.717, 1.165) is 16.3 Å². The van der Waals surface area contributed by atoms with Gasteiger partial charge in [0.2, 0.25) is 6.10 Å². The Balaban J connectivity index is 1.86. The fourth-order valence-corrected chi connectivity index (χ4v) is 3.06. The van der Waals surface area contributed by atoms with Gasteiger partial charge in [0.25, 0.3) is 5.56 Å². The lowest BCUT2D eigenvalue weighted by atomic mass is 10.1. The molecule has 0 aliphatic heterocycles. The summed E-state index contributed by atoms with van der Waals surface area (Å²) >= 11 is 1.50. The molecule has 0 bridgehead atoms. The minimum atomic E-state index is -1.45. The molecule has 1 aromatic carbocycles. The van der Waals surface area contributed by atoms with Crippen molar-refractivity contribution in [2.45, 2.75) is 19.6 Å². The summed E-state index contributed by atoms with van der Waals surface area (Å²) in [7, 11) is 1.93. The van der Waals surface area contributed by atoms with Gasteiger partial charge in [-0.1, -0.05) is 9.24 Å². The molecule has 2 heterocycles. The van der Waals surface area contributed by atoms with Crippen LogP contribution >= 0.6 is 20.6 Å². The van der Waals surface area contributed by atoms with E-state index in [2.05, 4.69) is 10.1 Å². The highest BCUT2D eigenvalue weighted by atomic mass is 32.1. The lowest BCUT2D eigenvalue weighted by molar-refractivity contribution is 0.153. The van der Waals surface area contributed by atoms with E-state index in [0.29, 0.717) is 18.0 Å². The second kappa shape index (κ2) is 7.20. The minimum Gasteiger partial charge on any atom is -0.457 e. The predicted octanol–water partition coefficient (Wildman–Crippen LogP) is 3.23. The van der Waals surface area contributed by atoms with Crippen molar-refractivity contribution in [2.75, 3.05) is 0 Å². The third kappa shape index (κ3) is 4.04. The maximum atomic E-state index is 12.8. The first-order valence-corrected chi connectivity index (χ1v) is 8.72. The Morgan fingerprint density at radius 1 is 1.29 bits per heavy atom. The SMILES string of the molecule is Cc1csc(Cn2nc(-c3ccc(OC(F)P)cc3)ccc2=O)n1. The van der Waals surface area contributed by atoms with Crippen molar-refractivity contribution in [1.29, 1.82) is 0 Å². The van der Waals surface area contributed by atoms with Gasteiger partial charge in [0.05, 0.1) is 12.2 Å². The number of hydrogen-bond donors (Lipinski definition) is 0. The predicted molar refractivity (Wildman–Crippen MR) is 95.1 cm³/mol. The van der Waals surface area contributed by atoms with Crippen LogP contribution in [-0.4, -0.2) is 20.9 Å². The Hall–Kier alpha value is -2.11. The molecule has 0 saturated carbocycles. The summed E-state index contributed by atoms with van der Waals surface area (Å²) in [6, 6.07) is 10.0. The summed E-state index contributed by atoms with van der Waals surface area (Å²) in [5.74, 6) is 0.424. The number of halogens is 1. The smallest absolute Gasteiger partial charge is 0.267 e. The van der Waals surface area contributed by atoms with Gasteiger partial charge < -0.3 is 4.74 Å². The number of hydrogen-bond acceptors (Lipinski definition) is 5. The van der Waals surface area contributed by atoms with Gasteiger partial charge in [-0.3, -0.25) is 4.79 Å². The third-order valence-electron chi connectivity index (χ3n) is 3.22. The van der Waals surface area contributed by atoms with E-state index in [9.17, 15) is 9.18 Å². The zero-order valence-corrected chi connectivity index (χ0v) is 14.8. The van der Waals surface area contributed by atoms with Gasteiger partial charge >= 0.3 is 0 Å². The molecule has 3 rings (SSSR count). The van der Waals surface area contributed by atoms with Crippen molar-refractivity contribution in [1.82, 2.24) is 14.8 Å². The molecule has 0 spiro atoms. The fraction of sp³-hybridized carbons (Fsp3) is 0.188. The van der Waals surface area contributed by atoms with Gasteiger partial charge in [-0.15, -0.1) is 11.3 Å². The van der Waals surface area contributed by atoms with Crippen molar-refractivity contribution in [3.8, 4) is 17.0 Å². The molecule has 2 aromatic heterocycles. The molecule has 2 unspecified atom stereocenters. The second-order valence-electron chi connectivity index (χ2n) is 5.09. The van der Waals surface area contributed by atoms with Crippen LogP contribution in [0.5, 0.6) is 5.75 Å². The van der Waals surface area contributed by atoms with Crippen molar-refractivity contribution >= 4 is 20.6 Å². The number of ether oxygens (including phenoxy) is 1. The van der Waals surface area contributed by atoms with E-state index in [4.69, 9.17) is 4.74 Å². The number of aromatic nitrogens is 3. The van der Waals surface area contributed by atoms with Gasteiger partial charge in [-0.05, 0) is 37.3 Å². The maximum absolute atomic E-state index is 12.8. The number of nitrogens with zero attached hydrogens (tertiary/aromatic N) is 3. The van der Waals surface area contributed by atoms with Gasteiger partial charge in [-0.2, -0.15) is 9.49 Å². The Morgan fingerprint density at radius 2 is 2.04 bits per heavy atom. The molecule has 2 atom stereocenters. The van der Waals surface area contributed by atoms with E-state index >= 15 is 0 Å². The van der Waals surface area contributed by atoms with Crippen LogP contribution in [0.25, 0.3) is 11.3 Å². The summed E-state index contributed by atoms with van der Waals surface area (Å²) in [6.07, 6.45) is -1.45. The van der Waals surface area contributed by atoms with Gasteiger partial charge in [-0.25, -0.2) is 9.67 Å². The average molecular weight is 363 g/mol. The van der Waals surface area contributed by atoms with Gasteiger partial charge in [0, 0.05) is 22.7 Å². The van der Waals surface area contributed by atoms with E-state index in [1.807, 2.05) is 21.5 Å². The van der Waals surface area contributed by atoms with Crippen LogP contribution in [0.3, 0.4) is 0 Å². The summed E-state index contributed by atoms with van der Waals surface area (Å²) in [5.41, 5.74) is 2.20. The fourth-order valence-electron chi connectivity index (χ4n) is 2.15. The van der Waals surface area contributed by atoms with E-state index < -0.39 is 6.10 Å². The molecule has 0 saturated heterocycles. The zero-order valence-electron chi connectivity index (χ0n) is 12.8. The number of aryl methyl sites for hydroxylation is 1. The average Bonchev–Trinajstić information content (AvgIpc) is 2.95. The Labute approximate surface area is 144 Å². The summed E-state index contributed by atoms with van der Waals surface area (Å²) in [5, 5.41) is 7.16. The Kier molecular flexibility index (Phi) is 5.02. The molecule has 0 N–H and O–H groups in total. The largest absolute Gasteiger partial charge is 0.457 e. The monoisotopic (exact) mass is 363 g/mol. The van der Waals surface area contributed by atoms with Crippen molar-refractivity contribution in [3.05, 3.63) is 62.8 Å². The third-order valence-corrected chi connectivity index (χ3v) is 4.30. The number of alkyl halides is 1. The maximum Gasteiger partial charge on any atom is 0.267 e. The topological polar surface area (TPSA) is 57.0 Å². The molecular weight excluding hydrogens is 348 g/mol. The quantitative estimate of drug-likeness (QED) is 0.653. The molecule has 0 aliphatic carbocycles. The van der Waals surface area contributed by atoms with Crippen molar-refractivity contribution < 1.29 is 9.13 Å². The van der Waals surface area contributed by atoms with Crippen molar-refractivity contribution in [2.24, 2.45) is 0 Å². The lowest BCUT2D eigenvalue weighted by Crippen LogP contribution is -2.22. The molecule has 0 aliphatic rings. The molecule has 124 valence electrons. The highest BCUT2D eigenvalue weighted by Gasteiger charge is 2.07. The number of thiazole rings is 1. The molecule has 24 heavy (non-hydrogen) atoms. The standard InChI is InChI=1S/C16H15FN3O2PS/c1-10-9-24-14(18-10)8-20-15(21)7-6-13(19-20)11-2-4-12(5-3-11)22-16(17)23/h2-7,9,16H,8,23H2,1H3. The van der Waals surface area contributed by atoms with Crippen LogP contribution < -0.4 is 10.3 Å². The van der Waals surface area contributed by atoms with Gasteiger partial charge in [0.15, 0.2) is 0 Å². The Morgan fingerprint density at radius 3 is 2.67 bits per heavy atom. The molecule has 8 heteroatoms. The van der Waals surface area contributed by atoms with E-state index in [1.165, 1.54) is 22.1 Å². The first-order chi connectivity index (χ1) is 11.5. The van der Waals surface area contributed by atoms with Crippen LogP contribution in [0.2, 0.25) is 0 Å². The molecule has 0 radical (unpaired) electrons. The van der Waals surface area contributed by atoms with E-state index in [-0.39, 0.29) is 5.56 Å². The molecule has 0 fully saturated rings. The van der Waals surface area contributed by atoms with Crippen molar-refractivity contribution in [3.63, 3.8) is 0 Å². The molecule has 3 aromatic rings. The normalized spacial score (nSPS) is 12.1. The van der Waals surface area contributed by atoms with Crippen LogP contribution in [0.4, 0.5) is 4.39 Å². The lowest BCUT2D eigenvalue weighted by Gasteiger charge is -2.08. The summed E-state index contributed by atoms with van der Waals surface area (Å²) < 4.78 is 19.1. The molecular formula is C16H15FN3O2PS. The molecule has 5 nitrogen and oxygen atoms in total. The van der Waals surface area contributed by atoms with Crippen LogP contribution in [0, 0.1) is 6.92 Å². The first kappa shape index (κ1) is 16.7. The van der Waals surface area contributed by atoms with Crippen LogP contribution in [0.15, 0.2) is 46.6 Å². The van der Waals surface area contributed by atoms with Crippen LogP contribution in [0.1, 0.15) is 10.7 Å². The Bertz CT molecular complexity index is 893. The zero-order chi connectivity index (χ0) is 17.1. The van der Waals surface area contributed by atoms with E-state index in [1.54, 1.807) is 30.3 Å². The number of benzene rings is 1. The summed E-state index contributed by atoms with van der Waals surface area (Å²) in [4.78, 5) is 16.4. The summed E-state index contributed by atoms with van der Waals surface area (Å²) in [6.45, 7) is 2.25. The minimum absolute atomic E-state index is 0.185. The highest BCUT2D eigenvalue weighted by molar-refractivity contribution is 7.16. The highest BCUT2D eigenvalue weighted by Crippen LogP contribution is 2.22. The van der Waals surface area contributed by atoms with Crippen LogP contribution in [-0.2, 0) is 6.54 Å². The molecule has 0 amide bonds. The number of rotatable bonds is 5. The second-order valence-corrected chi connectivity index (χ2v) is 6.56.